The Kier molecular flexibility index (Phi) is 8.45. The molecule has 0 spiro atoms. The zero-order valence-corrected chi connectivity index (χ0v) is 19.8. The third kappa shape index (κ3) is 6.44. The van der Waals surface area contributed by atoms with Crippen molar-refractivity contribution in [3.8, 4) is 5.75 Å². The molecule has 0 aromatic heterocycles. The molecule has 0 aliphatic carbocycles. The minimum absolute atomic E-state index is 0.157. The maximum atomic E-state index is 13.4. The first-order valence-electron chi connectivity index (χ1n) is 10.5. The lowest BCUT2D eigenvalue weighted by atomic mass is 10.0. The summed E-state index contributed by atoms with van der Waals surface area (Å²) in [5, 5.41) is 2.72. The number of benzene rings is 3. The largest absolute Gasteiger partial charge is 0.484 e. The van der Waals surface area contributed by atoms with Crippen LogP contribution < -0.4 is 10.1 Å². The van der Waals surface area contributed by atoms with Gasteiger partial charge in [0.15, 0.2) is 6.61 Å². The number of amides is 2. The van der Waals surface area contributed by atoms with Crippen LogP contribution in [-0.2, 0) is 22.6 Å². The number of likely N-dealkylation sites (N-methyl/N-ethyl adjacent to an activating group) is 1. The van der Waals surface area contributed by atoms with E-state index in [1.807, 2.05) is 73.7 Å². The van der Waals surface area contributed by atoms with Crippen molar-refractivity contribution >= 4 is 27.7 Å². The van der Waals surface area contributed by atoms with Gasteiger partial charge in [-0.1, -0.05) is 70.5 Å². The molecule has 3 aromatic rings. The van der Waals surface area contributed by atoms with Crippen LogP contribution in [-0.4, -0.2) is 36.4 Å². The Labute approximate surface area is 197 Å². The van der Waals surface area contributed by atoms with E-state index >= 15 is 0 Å². The lowest BCUT2D eigenvalue weighted by Gasteiger charge is -2.31. The Bertz CT molecular complexity index is 1040. The fraction of sp³-hybridized carbons (Fsp3) is 0.231. The highest BCUT2D eigenvalue weighted by atomic mass is 79.9. The van der Waals surface area contributed by atoms with Crippen molar-refractivity contribution in [3.63, 3.8) is 0 Å². The van der Waals surface area contributed by atoms with Crippen LogP contribution in [0.2, 0.25) is 0 Å². The van der Waals surface area contributed by atoms with Gasteiger partial charge in [0.25, 0.3) is 5.91 Å². The number of hydrogen-bond acceptors (Lipinski definition) is 3. The van der Waals surface area contributed by atoms with E-state index in [0.717, 1.165) is 21.2 Å². The number of carbonyl (C=O) groups is 2. The molecule has 0 heterocycles. The molecule has 0 saturated carbocycles. The van der Waals surface area contributed by atoms with Crippen LogP contribution in [0.1, 0.15) is 16.7 Å². The molecule has 0 fully saturated rings. The molecule has 3 rings (SSSR count). The Morgan fingerprint density at radius 3 is 2.28 bits per heavy atom. The van der Waals surface area contributed by atoms with Gasteiger partial charge in [-0.2, -0.15) is 0 Å². The Morgan fingerprint density at radius 1 is 0.969 bits per heavy atom. The molecule has 2 amide bonds. The maximum Gasteiger partial charge on any atom is 0.261 e. The first-order chi connectivity index (χ1) is 15.5. The first-order valence-corrected chi connectivity index (χ1v) is 11.2. The van der Waals surface area contributed by atoms with Crippen LogP contribution >= 0.6 is 15.9 Å². The quantitative estimate of drug-likeness (QED) is 0.475. The van der Waals surface area contributed by atoms with Crippen LogP contribution in [0.4, 0.5) is 0 Å². The van der Waals surface area contributed by atoms with E-state index in [1.54, 1.807) is 24.1 Å². The summed E-state index contributed by atoms with van der Waals surface area (Å²) in [5.41, 5.74) is 3.04. The van der Waals surface area contributed by atoms with Crippen molar-refractivity contribution in [3.05, 3.63) is 100 Å². The fourth-order valence-corrected chi connectivity index (χ4v) is 3.71. The average Bonchev–Trinajstić information content (AvgIpc) is 2.82. The monoisotopic (exact) mass is 494 g/mol. The molecular weight excluding hydrogens is 468 g/mol. The summed E-state index contributed by atoms with van der Waals surface area (Å²) < 4.78 is 6.67. The Balaban J connectivity index is 1.87. The van der Waals surface area contributed by atoms with Gasteiger partial charge in [0, 0.05) is 24.5 Å². The van der Waals surface area contributed by atoms with Crippen molar-refractivity contribution in [2.75, 3.05) is 13.7 Å². The maximum absolute atomic E-state index is 13.4. The van der Waals surface area contributed by atoms with E-state index in [1.165, 1.54) is 0 Å². The minimum Gasteiger partial charge on any atom is -0.484 e. The fourth-order valence-electron chi connectivity index (χ4n) is 3.45. The van der Waals surface area contributed by atoms with E-state index in [-0.39, 0.29) is 18.4 Å². The van der Waals surface area contributed by atoms with E-state index in [9.17, 15) is 9.59 Å². The lowest BCUT2D eigenvalue weighted by molar-refractivity contribution is -0.142. The predicted octanol–water partition coefficient (Wildman–Crippen LogP) is 4.52. The Morgan fingerprint density at radius 2 is 1.62 bits per heavy atom. The molecule has 1 N–H and O–H groups in total. The summed E-state index contributed by atoms with van der Waals surface area (Å²) >= 11 is 3.39. The van der Waals surface area contributed by atoms with Gasteiger partial charge in [0.05, 0.1) is 0 Å². The second-order valence-corrected chi connectivity index (χ2v) is 8.43. The van der Waals surface area contributed by atoms with Crippen molar-refractivity contribution < 1.29 is 14.3 Å². The third-order valence-electron chi connectivity index (χ3n) is 5.30. The molecule has 0 aliphatic rings. The van der Waals surface area contributed by atoms with E-state index in [2.05, 4.69) is 21.2 Å². The van der Waals surface area contributed by atoms with Crippen LogP contribution in [0.25, 0.3) is 0 Å². The van der Waals surface area contributed by atoms with Gasteiger partial charge in [-0.3, -0.25) is 9.59 Å². The summed E-state index contributed by atoms with van der Waals surface area (Å²) in [5.74, 6) is 0.136. The molecule has 0 aliphatic heterocycles. The van der Waals surface area contributed by atoms with E-state index in [0.29, 0.717) is 18.7 Å². The molecule has 32 heavy (non-hydrogen) atoms. The topological polar surface area (TPSA) is 58.6 Å². The van der Waals surface area contributed by atoms with Gasteiger partial charge in [-0.15, -0.1) is 0 Å². The molecule has 166 valence electrons. The second-order valence-electron chi connectivity index (χ2n) is 7.51. The normalized spacial score (nSPS) is 11.5. The highest BCUT2D eigenvalue weighted by Gasteiger charge is 2.30. The standard InChI is InChI=1S/C26H27BrN2O3/c1-19-8-6-7-11-21(19)17-29(25(30)18-32-23-14-12-22(27)13-15-23)24(26(31)28-2)16-20-9-4-3-5-10-20/h3-15,24H,16-18H2,1-2H3,(H,28,31)/t24-/m1/s1. The zero-order chi connectivity index (χ0) is 22.9. The van der Waals surface area contributed by atoms with E-state index in [4.69, 9.17) is 4.74 Å². The van der Waals surface area contributed by atoms with Crippen LogP contribution in [0.3, 0.4) is 0 Å². The number of ether oxygens (including phenoxy) is 1. The third-order valence-corrected chi connectivity index (χ3v) is 5.82. The number of hydrogen-bond donors (Lipinski definition) is 1. The van der Waals surface area contributed by atoms with Gasteiger partial charge in [-0.05, 0) is 47.9 Å². The van der Waals surface area contributed by atoms with Gasteiger partial charge in [-0.25, -0.2) is 0 Å². The summed E-state index contributed by atoms with van der Waals surface area (Å²) in [6.45, 7) is 2.17. The van der Waals surface area contributed by atoms with Gasteiger partial charge in [0.2, 0.25) is 5.91 Å². The van der Waals surface area contributed by atoms with Crippen LogP contribution in [0.15, 0.2) is 83.3 Å². The molecule has 5 nitrogen and oxygen atoms in total. The van der Waals surface area contributed by atoms with Crippen LogP contribution in [0, 0.1) is 6.92 Å². The molecule has 0 bridgehead atoms. The lowest BCUT2D eigenvalue weighted by Crippen LogP contribution is -2.51. The molecule has 1 atom stereocenters. The van der Waals surface area contributed by atoms with Crippen molar-refractivity contribution in [1.82, 2.24) is 10.2 Å². The number of carbonyl (C=O) groups excluding carboxylic acids is 2. The van der Waals surface area contributed by atoms with E-state index < -0.39 is 6.04 Å². The first kappa shape index (κ1) is 23.5. The smallest absolute Gasteiger partial charge is 0.261 e. The molecule has 6 heteroatoms. The molecule has 0 saturated heterocycles. The molecule has 3 aromatic carbocycles. The molecule has 0 unspecified atom stereocenters. The predicted molar refractivity (Wildman–Crippen MR) is 129 cm³/mol. The summed E-state index contributed by atoms with van der Waals surface area (Å²) in [6, 6.07) is 24.2. The van der Waals surface area contributed by atoms with Crippen molar-refractivity contribution in [2.45, 2.75) is 25.9 Å². The second kappa shape index (κ2) is 11.5. The highest BCUT2D eigenvalue weighted by Crippen LogP contribution is 2.19. The summed E-state index contributed by atoms with van der Waals surface area (Å²) in [6.07, 6.45) is 0.413. The summed E-state index contributed by atoms with van der Waals surface area (Å²) in [4.78, 5) is 27.9. The highest BCUT2D eigenvalue weighted by molar-refractivity contribution is 9.10. The number of aryl methyl sites for hydroxylation is 1. The SMILES string of the molecule is CNC(=O)[C@@H](Cc1ccccc1)N(Cc1ccccc1C)C(=O)COc1ccc(Br)cc1. The van der Waals surface area contributed by atoms with Crippen LogP contribution in [0.5, 0.6) is 5.75 Å². The number of nitrogens with zero attached hydrogens (tertiary/aromatic N) is 1. The zero-order valence-electron chi connectivity index (χ0n) is 18.3. The Hall–Kier alpha value is -3.12. The number of rotatable bonds is 9. The number of nitrogens with one attached hydrogen (secondary N) is 1. The van der Waals surface area contributed by atoms with Crippen molar-refractivity contribution in [2.24, 2.45) is 0 Å². The van der Waals surface area contributed by atoms with Crippen molar-refractivity contribution in [1.29, 1.82) is 0 Å². The van der Waals surface area contributed by atoms with Gasteiger partial charge in [0.1, 0.15) is 11.8 Å². The minimum atomic E-state index is -0.664. The summed E-state index contributed by atoms with van der Waals surface area (Å²) in [7, 11) is 1.59. The molecule has 0 radical (unpaired) electrons. The average molecular weight is 495 g/mol. The van der Waals surface area contributed by atoms with Gasteiger partial charge >= 0.3 is 0 Å². The number of halogens is 1. The van der Waals surface area contributed by atoms with Gasteiger partial charge < -0.3 is 15.0 Å². The molecular formula is C26H27BrN2O3.